The number of imidazole rings is 1. The van der Waals surface area contributed by atoms with Crippen LogP contribution in [0, 0.1) is 11.3 Å². The van der Waals surface area contributed by atoms with Crippen LogP contribution in [-0.2, 0) is 6.54 Å². The highest BCUT2D eigenvalue weighted by molar-refractivity contribution is 7.13. The average molecular weight is 458 g/mol. The molecule has 0 bridgehead atoms. The van der Waals surface area contributed by atoms with Crippen molar-refractivity contribution in [2.75, 3.05) is 40.3 Å². The first-order valence-corrected chi connectivity index (χ1v) is 12.1. The summed E-state index contributed by atoms with van der Waals surface area (Å²) in [6.07, 6.45) is 3.34. The number of rotatable bonds is 5. The molecule has 4 aromatic rings. The van der Waals surface area contributed by atoms with Gasteiger partial charge in [0.15, 0.2) is 0 Å². The van der Waals surface area contributed by atoms with Crippen LogP contribution in [0.1, 0.15) is 17.7 Å². The summed E-state index contributed by atoms with van der Waals surface area (Å²) in [5.41, 5.74) is 6.03. The van der Waals surface area contributed by atoms with Crippen LogP contribution < -0.4 is 4.74 Å². The van der Waals surface area contributed by atoms with Crippen LogP contribution >= 0.6 is 11.3 Å². The van der Waals surface area contributed by atoms with Crippen molar-refractivity contribution in [2.24, 2.45) is 0 Å². The number of aromatic nitrogens is 2. The molecule has 1 aliphatic rings. The normalized spacial score (nSPS) is 15.4. The Labute approximate surface area is 198 Å². The van der Waals surface area contributed by atoms with Gasteiger partial charge in [-0.3, -0.25) is 4.90 Å². The summed E-state index contributed by atoms with van der Waals surface area (Å²) in [5.74, 6) is 0.841. The number of likely N-dealkylation sites (N-methyl/N-ethyl adjacent to an activating group) is 1. The number of pyridine rings is 1. The molecular formula is C26H27N5OS. The molecule has 0 unspecified atom stereocenters. The van der Waals surface area contributed by atoms with Crippen molar-refractivity contribution in [3.63, 3.8) is 0 Å². The summed E-state index contributed by atoms with van der Waals surface area (Å²) in [4.78, 5) is 11.1. The second-order valence-electron chi connectivity index (χ2n) is 8.53. The van der Waals surface area contributed by atoms with Crippen molar-refractivity contribution < 1.29 is 4.74 Å². The highest BCUT2D eigenvalue weighted by Crippen LogP contribution is 2.31. The Hall–Kier alpha value is -3.18. The number of nitriles is 1. The molecule has 1 aliphatic heterocycles. The van der Waals surface area contributed by atoms with Crippen LogP contribution in [0.15, 0.2) is 54.0 Å². The van der Waals surface area contributed by atoms with Crippen molar-refractivity contribution in [3.05, 3.63) is 65.3 Å². The molecule has 0 saturated carbocycles. The molecule has 33 heavy (non-hydrogen) atoms. The van der Waals surface area contributed by atoms with E-state index in [0.29, 0.717) is 5.56 Å². The van der Waals surface area contributed by atoms with Crippen LogP contribution in [0.5, 0.6) is 5.75 Å². The van der Waals surface area contributed by atoms with Crippen LogP contribution in [-0.4, -0.2) is 59.5 Å². The highest BCUT2D eigenvalue weighted by Gasteiger charge is 2.20. The number of ether oxygens (including phenoxy) is 1. The fourth-order valence-electron chi connectivity index (χ4n) is 4.39. The lowest BCUT2D eigenvalue weighted by molar-refractivity contribution is 0.266. The van der Waals surface area contributed by atoms with Gasteiger partial charge in [0.25, 0.3) is 0 Å². The summed E-state index contributed by atoms with van der Waals surface area (Å²) in [6, 6.07) is 16.5. The zero-order valence-corrected chi connectivity index (χ0v) is 19.8. The van der Waals surface area contributed by atoms with Crippen molar-refractivity contribution in [2.45, 2.75) is 13.0 Å². The number of nitrogens with zero attached hydrogens (tertiary/aromatic N) is 5. The molecule has 0 amide bonds. The van der Waals surface area contributed by atoms with Crippen molar-refractivity contribution in [1.82, 2.24) is 19.2 Å². The summed E-state index contributed by atoms with van der Waals surface area (Å²) in [5, 5.41) is 11.1. The predicted octanol–water partition coefficient (Wildman–Crippen LogP) is 4.75. The van der Waals surface area contributed by atoms with E-state index in [9.17, 15) is 5.26 Å². The van der Waals surface area contributed by atoms with Gasteiger partial charge < -0.3 is 14.0 Å². The van der Waals surface area contributed by atoms with Gasteiger partial charge >= 0.3 is 0 Å². The maximum Gasteiger partial charge on any atom is 0.137 e. The molecular weight excluding hydrogens is 430 g/mol. The van der Waals surface area contributed by atoms with Crippen molar-refractivity contribution in [3.8, 4) is 33.5 Å². The van der Waals surface area contributed by atoms with Crippen LogP contribution in [0.25, 0.3) is 27.3 Å². The van der Waals surface area contributed by atoms with Gasteiger partial charge in [0, 0.05) is 47.2 Å². The Kier molecular flexibility index (Phi) is 6.14. The minimum absolute atomic E-state index is 0.702. The molecule has 0 spiro atoms. The van der Waals surface area contributed by atoms with Gasteiger partial charge in [0.05, 0.1) is 24.1 Å². The zero-order chi connectivity index (χ0) is 22.8. The quantitative estimate of drug-likeness (QED) is 0.433. The average Bonchev–Trinajstić information content (AvgIpc) is 3.41. The lowest BCUT2D eigenvalue weighted by Gasteiger charge is -2.20. The Balaban J connectivity index is 1.59. The van der Waals surface area contributed by atoms with E-state index in [-0.39, 0.29) is 0 Å². The van der Waals surface area contributed by atoms with Gasteiger partial charge in [-0.25, -0.2) is 4.98 Å². The summed E-state index contributed by atoms with van der Waals surface area (Å²) >= 11 is 1.60. The van der Waals surface area contributed by atoms with Gasteiger partial charge in [-0.2, -0.15) is 5.26 Å². The Morgan fingerprint density at radius 3 is 2.64 bits per heavy atom. The SMILES string of the molecule is COc1ccc(-c2nc3ccc(-c4cc(C#N)cs4)cn3c2CN2CCCN(C)CC2)cc1. The monoisotopic (exact) mass is 457 g/mol. The first-order chi connectivity index (χ1) is 16.1. The van der Waals surface area contributed by atoms with Gasteiger partial charge in [0.1, 0.15) is 17.5 Å². The molecule has 0 atom stereocenters. The molecule has 0 aliphatic carbocycles. The summed E-state index contributed by atoms with van der Waals surface area (Å²) in [7, 11) is 3.88. The molecule has 0 radical (unpaired) electrons. The van der Waals surface area contributed by atoms with Gasteiger partial charge in [-0.15, -0.1) is 11.3 Å². The van der Waals surface area contributed by atoms with E-state index in [1.807, 2.05) is 23.6 Å². The van der Waals surface area contributed by atoms with Gasteiger partial charge in [0.2, 0.25) is 0 Å². The molecule has 1 saturated heterocycles. The van der Waals surface area contributed by atoms with E-state index < -0.39 is 0 Å². The van der Waals surface area contributed by atoms with E-state index >= 15 is 0 Å². The lowest BCUT2D eigenvalue weighted by atomic mass is 10.1. The third kappa shape index (κ3) is 4.51. The maximum absolute atomic E-state index is 9.23. The topological polar surface area (TPSA) is 56.8 Å². The third-order valence-corrected chi connectivity index (χ3v) is 7.26. The molecule has 1 fully saturated rings. The zero-order valence-electron chi connectivity index (χ0n) is 19.0. The minimum Gasteiger partial charge on any atom is -0.497 e. The second kappa shape index (κ2) is 9.36. The van der Waals surface area contributed by atoms with Gasteiger partial charge in [-0.05, 0) is 69.0 Å². The largest absolute Gasteiger partial charge is 0.497 e. The number of benzene rings is 1. The van der Waals surface area contributed by atoms with Crippen molar-refractivity contribution >= 4 is 17.0 Å². The van der Waals surface area contributed by atoms with E-state index in [1.54, 1.807) is 18.4 Å². The molecule has 3 aromatic heterocycles. The number of thiophene rings is 1. The van der Waals surface area contributed by atoms with Crippen LogP contribution in [0.2, 0.25) is 0 Å². The molecule has 168 valence electrons. The van der Waals surface area contributed by atoms with E-state index in [4.69, 9.17) is 9.72 Å². The van der Waals surface area contributed by atoms with E-state index in [2.05, 4.69) is 57.8 Å². The smallest absolute Gasteiger partial charge is 0.137 e. The van der Waals surface area contributed by atoms with E-state index in [1.165, 1.54) is 12.1 Å². The Morgan fingerprint density at radius 1 is 1.06 bits per heavy atom. The number of methoxy groups -OCH3 is 1. The third-order valence-electron chi connectivity index (χ3n) is 6.28. The van der Waals surface area contributed by atoms with Crippen LogP contribution in [0.4, 0.5) is 0 Å². The lowest BCUT2D eigenvalue weighted by Crippen LogP contribution is -2.29. The maximum atomic E-state index is 9.23. The minimum atomic E-state index is 0.702. The first-order valence-electron chi connectivity index (χ1n) is 11.2. The summed E-state index contributed by atoms with van der Waals surface area (Å²) in [6.45, 7) is 5.18. The standard InChI is InChI=1S/C26H27N5OS/c1-29-10-3-11-30(13-12-29)17-23-26(20-4-7-22(32-2)8-5-20)28-25-9-6-21(16-31(23)25)24-14-19(15-27)18-33-24/h4-9,14,16,18H,3,10-13,17H2,1-2H3. The summed E-state index contributed by atoms with van der Waals surface area (Å²) < 4.78 is 7.59. The molecule has 4 heterocycles. The number of hydrogen-bond acceptors (Lipinski definition) is 6. The van der Waals surface area contributed by atoms with Gasteiger partial charge in [-0.1, -0.05) is 0 Å². The fourth-order valence-corrected chi connectivity index (χ4v) is 5.21. The molecule has 7 heteroatoms. The predicted molar refractivity (Wildman–Crippen MR) is 133 cm³/mol. The molecule has 6 nitrogen and oxygen atoms in total. The second-order valence-corrected chi connectivity index (χ2v) is 9.44. The fraction of sp³-hybridized carbons (Fsp3) is 0.308. The van der Waals surface area contributed by atoms with E-state index in [0.717, 1.165) is 65.8 Å². The van der Waals surface area contributed by atoms with Crippen LogP contribution in [0.3, 0.4) is 0 Å². The number of fused-ring (bicyclic) bond motifs is 1. The Bertz CT molecular complexity index is 1300. The number of hydrogen-bond donors (Lipinski definition) is 0. The molecule has 5 rings (SSSR count). The Morgan fingerprint density at radius 2 is 1.88 bits per heavy atom. The highest BCUT2D eigenvalue weighted by atomic mass is 32.1. The van der Waals surface area contributed by atoms with Crippen molar-refractivity contribution in [1.29, 1.82) is 5.26 Å². The molecule has 1 aromatic carbocycles. The molecule has 0 N–H and O–H groups in total. The first kappa shape index (κ1) is 21.7.